The fourth-order valence-electron chi connectivity index (χ4n) is 5.43. The molecule has 3 amide bonds. The molecule has 0 saturated carbocycles. The van der Waals surface area contributed by atoms with Gasteiger partial charge in [-0.05, 0) is 50.7 Å². The van der Waals surface area contributed by atoms with Crippen molar-refractivity contribution in [2.45, 2.75) is 45.8 Å². The van der Waals surface area contributed by atoms with E-state index in [9.17, 15) is 14.4 Å². The maximum Gasteiger partial charge on any atom is 0.258 e. The number of rotatable bonds is 8. The molecule has 1 N–H and O–H groups in total. The van der Waals surface area contributed by atoms with E-state index in [1.165, 1.54) is 4.90 Å². The summed E-state index contributed by atoms with van der Waals surface area (Å²) in [7, 11) is 0. The van der Waals surface area contributed by atoms with Crippen LogP contribution in [-0.2, 0) is 16.1 Å². The van der Waals surface area contributed by atoms with Crippen molar-refractivity contribution in [2.24, 2.45) is 0 Å². The molecular weight excluding hydrogens is 456 g/mol. The third kappa shape index (κ3) is 3.93. The molecule has 0 spiro atoms. The van der Waals surface area contributed by atoms with E-state index in [2.05, 4.69) is 29.0 Å². The van der Waals surface area contributed by atoms with Crippen LogP contribution in [0.5, 0.6) is 0 Å². The van der Waals surface area contributed by atoms with Crippen LogP contribution < -0.4 is 10.2 Å². The fourth-order valence-corrected chi connectivity index (χ4v) is 5.43. The standard InChI is InChI=1S/C27H32N6O3/c1-4-30(5-2)16-17-31-22-13-9-7-11-20(22)28-26(31)29-23(34)18-32-25(36)19-10-6-8-12-21(19)33-24(35)14-15-27(32,33)3/h6-13H,4-5,14-18H2,1-3H3,(H,28,29,34). The van der Waals surface area contributed by atoms with E-state index in [0.29, 0.717) is 36.6 Å². The van der Waals surface area contributed by atoms with Crippen LogP contribution in [0.2, 0.25) is 0 Å². The highest BCUT2D eigenvalue weighted by atomic mass is 16.2. The Morgan fingerprint density at radius 3 is 2.58 bits per heavy atom. The van der Waals surface area contributed by atoms with Gasteiger partial charge in [0.15, 0.2) is 0 Å². The minimum atomic E-state index is -0.886. The largest absolute Gasteiger partial charge is 0.309 e. The van der Waals surface area contributed by atoms with Crippen LogP contribution in [0.3, 0.4) is 0 Å². The molecule has 1 unspecified atom stereocenters. The van der Waals surface area contributed by atoms with Gasteiger partial charge in [-0.2, -0.15) is 0 Å². The molecule has 5 rings (SSSR count). The Morgan fingerprint density at radius 1 is 1.08 bits per heavy atom. The van der Waals surface area contributed by atoms with Crippen molar-refractivity contribution in [3.63, 3.8) is 0 Å². The number of nitrogens with zero attached hydrogens (tertiary/aromatic N) is 5. The predicted molar refractivity (Wildman–Crippen MR) is 139 cm³/mol. The Kier molecular flexibility index (Phi) is 6.26. The van der Waals surface area contributed by atoms with Crippen LogP contribution in [0.15, 0.2) is 48.5 Å². The van der Waals surface area contributed by atoms with Gasteiger partial charge in [-0.3, -0.25) is 24.6 Å². The molecule has 36 heavy (non-hydrogen) atoms. The van der Waals surface area contributed by atoms with Crippen molar-refractivity contribution in [3.8, 4) is 0 Å². The molecule has 1 atom stereocenters. The molecule has 2 aromatic carbocycles. The second kappa shape index (κ2) is 9.39. The van der Waals surface area contributed by atoms with E-state index in [1.54, 1.807) is 23.1 Å². The fraction of sp³-hybridized carbons (Fsp3) is 0.407. The normalized spacial score (nSPS) is 19.2. The number of likely N-dealkylation sites (N-methyl/N-ethyl adjacent to an activating group) is 1. The van der Waals surface area contributed by atoms with Crippen LogP contribution in [0.25, 0.3) is 11.0 Å². The molecule has 2 aliphatic rings. The molecule has 9 nitrogen and oxygen atoms in total. The van der Waals surface area contributed by atoms with E-state index in [-0.39, 0.29) is 24.3 Å². The number of carbonyl (C=O) groups is 3. The smallest absolute Gasteiger partial charge is 0.258 e. The van der Waals surface area contributed by atoms with Crippen molar-refractivity contribution < 1.29 is 14.4 Å². The summed E-state index contributed by atoms with van der Waals surface area (Å²) < 4.78 is 2.02. The minimum Gasteiger partial charge on any atom is -0.309 e. The molecule has 0 radical (unpaired) electrons. The third-order valence-corrected chi connectivity index (χ3v) is 7.49. The summed E-state index contributed by atoms with van der Waals surface area (Å²) in [4.78, 5) is 49.8. The van der Waals surface area contributed by atoms with E-state index in [1.807, 2.05) is 41.8 Å². The Morgan fingerprint density at radius 2 is 1.81 bits per heavy atom. The van der Waals surface area contributed by atoms with Crippen molar-refractivity contribution in [1.29, 1.82) is 0 Å². The average Bonchev–Trinajstić information content (AvgIpc) is 3.39. The highest BCUT2D eigenvalue weighted by Crippen LogP contribution is 2.43. The van der Waals surface area contributed by atoms with E-state index < -0.39 is 5.66 Å². The van der Waals surface area contributed by atoms with Gasteiger partial charge < -0.3 is 14.4 Å². The first-order chi connectivity index (χ1) is 17.4. The maximum atomic E-state index is 13.5. The minimum absolute atomic E-state index is 0.0407. The first-order valence-corrected chi connectivity index (χ1v) is 12.6. The zero-order valence-electron chi connectivity index (χ0n) is 21.0. The third-order valence-electron chi connectivity index (χ3n) is 7.49. The number of hydrogen-bond donors (Lipinski definition) is 1. The lowest BCUT2D eigenvalue weighted by atomic mass is 9.98. The lowest BCUT2D eigenvalue weighted by Crippen LogP contribution is -2.63. The first kappa shape index (κ1) is 24.0. The van der Waals surface area contributed by atoms with Crippen LogP contribution in [0.1, 0.15) is 44.0 Å². The summed E-state index contributed by atoms with van der Waals surface area (Å²) in [6.45, 7) is 9.33. The van der Waals surface area contributed by atoms with Crippen molar-refractivity contribution in [2.75, 3.05) is 36.4 Å². The second-order valence-corrected chi connectivity index (χ2v) is 9.51. The Labute approximate surface area is 210 Å². The number of carbonyl (C=O) groups excluding carboxylic acids is 3. The van der Waals surface area contributed by atoms with Gasteiger partial charge in [-0.1, -0.05) is 38.1 Å². The zero-order valence-corrected chi connectivity index (χ0v) is 21.0. The molecule has 1 aromatic heterocycles. The van der Waals surface area contributed by atoms with Crippen LogP contribution in [0.4, 0.5) is 11.6 Å². The molecule has 1 saturated heterocycles. The van der Waals surface area contributed by atoms with Gasteiger partial charge in [0.25, 0.3) is 5.91 Å². The predicted octanol–water partition coefficient (Wildman–Crippen LogP) is 3.32. The summed E-state index contributed by atoms with van der Waals surface area (Å²) in [6.07, 6.45) is 0.805. The first-order valence-electron chi connectivity index (χ1n) is 12.6. The van der Waals surface area contributed by atoms with Gasteiger partial charge >= 0.3 is 0 Å². The number of fused-ring (bicyclic) bond motifs is 4. The van der Waals surface area contributed by atoms with Gasteiger partial charge in [-0.15, -0.1) is 0 Å². The molecule has 1 fully saturated rings. The van der Waals surface area contributed by atoms with Crippen LogP contribution in [0, 0.1) is 0 Å². The molecule has 3 aromatic rings. The highest BCUT2D eigenvalue weighted by Gasteiger charge is 2.53. The zero-order chi connectivity index (χ0) is 25.4. The van der Waals surface area contributed by atoms with Gasteiger partial charge in [0, 0.05) is 19.5 Å². The van der Waals surface area contributed by atoms with Crippen LogP contribution >= 0.6 is 0 Å². The van der Waals surface area contributed by atoms with Gasteiger partial charge in [0.2, 0.25) is 17.8 Å². The number of amides is 3. The SMILES string of the molecule is CCN(CC)CCn1c(NC(=O)CN2C(=O)c3ccccc3N3C(=O)CCC23C)nc2ccccc21. The summed E-state index contributed by atoms with van der Waals surface area (Å²) >= 11 is 0. The molecule has 188 valence electrons. The van der Waals surface area contributed by atoms with Gasteiger partial charge in [-0.25, -0.2) is 4.98 Å². The quantitative estimate of drug-likeness (QED) is 0.525. The number of anilines is 2. The Hall–Kier alpha value is -3.72. The number of imidazole rings is 1. The van der Waals surface area contributed by atoms with E-state index >= 15 is 0 Å². The molecule has 0 aliphatic carbocycles. The monoisotopic (exact) mass is 488 g/mol. The molecule has 3 heterocycles. The Balaban J connectivity index is 1.42. The molecular formula is C27H32N6O3. The van der Waals surface area contributed by atoms with E-state index in [0.717, 1.165) is 30.7 Å². The number of para-hydroxylation sites is 3. The van der Waals surface area contributed by atoms with Crippen molar-refractivity contribution >= 4 is 40.4 Å². The number of nitrogens with one attached hydrogen (secondary N) is 1. The van der Waals surface area contributed by atoms with Crippen LogP contribution in [-0.4, -0.2) is 68.9 Å². The highest BCUT2D eigenvalue weighted by molar-refractivity contribution is 6.11. The van der Waals surface area contributed by atoms with Gasteiger partial charge in [0.05, 0.1) is 22.3 Å². The van der Waals surface area contributed by atoms with E-state index in [4.69, 9.17) is 0 Å². The average molecular weight is 489 g/mol. The molecule has 0 bridgehead atoms. The summed E-state index contributed by atoms with van der Waals surface area (Å²) in [5.74, 6) is -0.171. The number of hydrogen-bond acceptors (Lipinski definition) is 5. The van der Waals surface area contributed by atoms with Crippen molar-refractivity contribution in [1.82, 2.24) is 19.4 Å². The summed E-state index contributed by atoms with van der Waals surface area (Å²) in [5.41, 5.74) is 1.91. The Bertz CT molecular complexity index is 1330. The second-order valence-electron chi connectivity index (χ2n) is 9.51. The lowest BCUT2D eigenvalue weighted by molar-refractivity contribution is -0.120. The summed E-state index contributed by atoms with van der Waals surface area (Å²) in [5, 5.41) is 2.96. The lowest BCUT2D eigenvalue weighted by Gasteiger charge is -2.48. The summed E-state index contributed by atoms with van der Waals surface area (Å²) in [6, 6.07) is 14.9. The molecule has 9 heteroatoms. The van der Waals surface area contributed by atoms with Crippen molar-refractivity contribution in [3.05, 3.63) is 54.1 Å². The van der Waals surface area contributed by atoms with Gasteiger partial charge in [0.1, 0.15) is 12.2 Å². The maximum absolute atomic E-state index is 13.5. The topological polar surface area (TPSA) is 90.8 Å². The molecule has 2 aliphatic heterocycles. The number of benzene rings is 2. The number of aromatic nitrogens is 2.